The van der Waals surface area contributed by atoms with E-state index in [0.29, 0.717) is 28.1 Å². The fourth-order valence-electron chi connectivity index (χ4n) is 2.19. The number of thiazole rings is 1. The number of Topliss-reactive ketones (excluding diaryl/α,β-unsaturated/α-hetero) is 1. The molecule has 0 spiro atoms. The van der Waals surface area contributed by atoms with Crippen LogP contribution in [0.5, 0.6) is 5.75 Å². The van der Waals surface area contributed by atoms with Gasteiger partial charge in [-0.1, -0.05) is 30.3 Å². The third kappa shape index (κ3) is 3.94. The van der Waals surface area contributed by atoms with Crippen molar-refractivity contribution in [2.24, 2.45) is 0 Å². The van der Waals surface area contributed by atoms with Gasteiger partial charge in [-0.2, -0.15) is 0 Å². The normalized spacial score (nSPS) is 10.5. The summed E-state index contributed by atoms with van der Waals surface area (Å²) in [4.78, 5) is 29.5. The van der Waals surface area contributed by atoms with Crippen molar-refractivity contribution in [2.75, 3.05) is 11.9 Å². The quantitative estimate of drug-likeness (QED) is 0.636. The minimum absolute atomic E-state index is 0.130. The molecule has 128 valence electrons. The first-order valence-corrected chi connectivity index (χ1v) is 9.38. The van der Waals surface area contributed by atoms with Crippen molar-refractivity contribution < 1.29 is 14.3 Å². The lowest BCUT2D eigenvalue weighted by Crippen LogP contribution is -2.11. The number of ketones is 1. The third-order valence-electron chi connectivity index (χ3n) is 3.35. The molecule has 1 amide bonds. The molecule has 0 bridgehead atoms. The second-order valence-corrected chi connectivity index (χ2v) is 7.06. The minimum Gasteiger partial charge on any atom is -0.492 e. The smallest absolute Gasteiger partial charge is 0.271 e. The number of anilines is 1. The summed E-state index contributed by atoms with van der Waals surface area (Å²) >= 11 is 2.59. The maximum absolute atomic E-state index is 12.6. The zero-order valence-electron chi connectivity index (χ0n) is 13.7. The van der Waals surface area contributed by atoms with E-state index >= 15 is 0 Å². The van der Waals surface area contributed by atoms with Crippen molar-refractivity contribution in [1.29, 1.82) is 0 Å². The molecule has 0 aliphatic heterocycles. The van der Waals surface area contributed by atoms with Crippen LogP contribution >= 0.6 is 22.7 Å². The highest BCUT2D eigenvalue weighted by Crippen LogP contribution is 2.37. The van der Waals surface area contributed by atoms with Gasteiger partial charge in [0.15, 0.2) is 10.9 Å². The van der Waals surface area contributed by atoms with Gasteiger partial charge in [0.25, 0.3) is 5.91 Å². The van der Waals surface area contributed by atoms with Gasteiger partial charge < -0.3 is 4.74 Å². The maximum Gasteiger partial charge on any atom is 0.271 e. The summed E-state index contributed by atoms with van der Waals surface area (Å²) in [5, 5.41) is 4.77. The molecular weight excluding hydrogens is 356 g/mol. The Morgan fingerprint density at radius 2 is 2.00 bits per heavy atom. The molecule has 0 radical (unpaired) electrons. The Morgan fingerprint density at radius 1 is 1.24 bits per heavy atom. The van der Waals surface area contributed by atoms with E-state index in [-0.39, 0.29) is 11.7 Å². The van der Waals surface area contributed by atoms with Gasteiger partial charge in [0.05, 0.1) is 6.61 Å². The van der Waals surface area contributed by atoms with Gasteiger partial charge in [0, 0.05) is 17.2 Å². The number of ether oxygens (including phenoxy) is 1. The Morgan fingerprint density at radius 3 is 2.64 bits per heavy atom. The van der Waals surface area contributed by atoms with E-state index in [4.69, 9.17) is 4.74 Å². The first kappa shape index (κ1) is 17.3. The molecule has 0 saturated carbocycles. The first-order valence-electron chi connectivity index (χ1n) is 7.68. The predicted octanol–water partition coefficient (Wildman–Crippen LogP) is 4.73. The van der Waals surface area contributed by atoms with Gasteiger partial charge in [-0.15, -0.1) is 22.7 Å². The molecule has 2 aromatic heterocycles. The van der Waals surface area contributed by atoms with E-state index in [1.165, 1.54) is 29.6 Å². The van der Waals surface area contributed by atoms with Crippen molar-refractivity contribution in [3.05, 3.63) is 52.3 Å². The topological polar surface area (TPSA) is 68.3 Å². The fourth-order valence-corrected chi connectivity index (χ4v) is 3.93. The van der Waals surface area contributed by atoms with Crippen molar-refractivity contribution in [2.45, 2.75) is 13.8 Å². The maximum atomic E-state index is 12.6. The number of nitrogens with zero attached hydrogens (tertiary/aromatic N) is 1. The summed E-state index contributed by atoms with van der Waals surface area (Å²) in [6, 6.07) is 11.7. The zero-order chi connectivity index (χ0) is 17.8. The van der Waals surface area contributed by atoms with E-state index in [1.807, 2.05) is 43.3 Å². The molecule has 0 atom stereocenters. The summed E-state index contributed by atoms with van der Waals surface area (Å²) in [6.45, 7) is 3.79. The number of benzene rings is 1. The molecule has 0 aliphatic rings. The molecule has 7 heteroatoms. The molecule has 1 N–H and O–H groups in total. The average Bonchev–Trinajstić information content (AvgIpc) is 3.23. The lowest BCUT2D eigenvalue weighted by atomic mass is 10.2. The summed E-state index contributed by atoms with van der Waals surface area (Å²) in [5.41, 5.74) is 1.38. The Balaban J connectivity index is 1.87. The van der Waals surface area contributed by atoms with E-state index in [2.05, 4.69) is 10.3 Å². The van der Waals surface area contributed by atoms with Crippen molar-refractivity contribution in [1.82, 2.24) is 4.98 Å². The number of carbonyl (C=O) groups excluding carboxylic acids is 2. The number of nitrogens with one attached hydrogen (secondary N) is 1. The molecule has 5 nitrogen and oxygen atoms in total. The zero-order valence-corrected chi connectivity index (χ0v) is 15.4. The number of aromatic nitrogens is 1. The van der Waals surface area contributed by atoms with Gasteiger partial charge in [0.1, 0.15) is 16.3 Å². The number of thiophene rings is 1. The van der Waals surface area contributed by atoms with Crippen LogP contribution in [0.4, 0.5) is 5.13 Å². The van der Waals surface area contributed by atoms with Crippen LogP contribution < -0.4 is 10.1 Å². The monoisotopic (exact) mass is 372 g/mol. The molecule has 0 unspecified atom stereocenters. The van der Waals surface area contributed by atoms with Crippen LogP contribution in [-0.2, 0) is 0 Å². The van der Waals surface area contributed by atoms with E-state index < -0.39 is 0 Å². The summed E-state index contributed by atoms with van der Waals surface area (Å²) in [6.07, 6.45) is 0. The Bertz CT molecular complexity index is 900. The van der Waals surface area contributed by atoms with Gasteiger partial charge >= 0.3 is 0 Å². The standard InChI is InChI=1S/C18H16N2O3S2/c1-3-23-14-9-15(12-7-5-4-6-8-12)25-16(14)17(22)20-18-19-13(10-24-18)11(2)21/h4-10H,3H2,1-2H3,(H,19,20,22). The molecule has 3 rings (SSSR count). The minimum atomic E-state index is -0.292. The highest BCUT2D eigenvalue weighted by Gasteiger charge is 2.20. The van der Waals surface area contributed by atoms with E-state index in [1.54, 1.807) is 5.38 Å². The summed E-state index contributed by atoms with van der Waals surface area (Å²) in [7, 11) is 0. The second kappa shape index (κ2) is 7.58. The first-order chi connectivity index (χ1) is 12.1. The SMILES string of the molecule is CCOc1cc(-c2ccccc2)sc1C(=O)Nc1nc(C(C)=O)cs1. The van der Waals surface area contributed by atoms with Crippen LogP contribution in [0.1, 0.15) is 34.0 Å². The Kier molecular flexibility index (Phi) is 5.25. The highest BCUT2D eigenvalue weighted by atomic mass is 32.1. The molecule has 0 saturated heterocycles. The van der Waals surface area contributed by atoms with Gasteiger partial charge in [-0.3, -0.25) is 14.9 Å². The molecule has 0 aliphatic carbocycles. The molecule has 0 fully saturated rings. The summed E-state index contributed by atoms with van der Waals surface area (Å²) < 4.78 is 5.62. The Labute approximate surface area is 153 Å². The molecule has 3 aromatic rings. The third-order valence-corrected chi connectivity index (χ3v) is 5.27. The van der Waals surface area contributed by atoms with Crippen LogP contribution in [0.25, 0.3) is 10.4 Å². The Hall–Kier alpha value is -2.51. The summed E-state index contributed by atoms with van der Waals surface area (Å²) in [5.74, 6) is 0.126. The van der Waals surface area contributed by atoms with E-state index in [9.17, 15) is 9.59 Å². The van der Waals surface area contributed by atoms with Crippen LogP contribution in [-0.4, -0.2) is 23.3 Å². The molecular formula is C18H16N2O3S2. The number of hydrogen-bond donors (Lipinski definition) is 1. The number of rotatable bonds is 6. The fraction of sp³-hybridized carbons (Fsp3) is 0.167. The van der Waals surface area contributed by atoms with Crippen molar-refractivity contribution in [3.63, 3.8) is 0 Å². The van der Waals surface area contributed by atoms with Crippen LogP contribution in [0.2, 0.25) is 0 Å². The highest BCUT2D eigenvalue weighted by molar-refractivity contribution is 7.18. The number of hydrogen-bond acceptors (Lipinski definition) is 6. The van der Waals surface area contributed by atoms with E-state index in [0.717, 1.165) is 10.4 Å². The number of amides is 1. The number of carbonyl (C=O) groups is 2. The van der Waals surface area contributed by atoms with Gasteiger partial charge in [-0.05, 0) is 18.6 Å². The molecule has 1 aromatic carbocycles. The van der Waals surface area contributed by atoms with Crippen LogP contribution in [0, 0.1) is 0 Å². The molecule has 25 heavy (non-hydrogen) atoms. The van der Waals surface area contributed by atoms with Crippen LogP contribution in [0.3, 0.4) is 0 Å². The predicted molar refractivity (Wildman–Crippen MR) is 101 cm³/mol. The largest absolute Gasteiger partial charge is 0.492 e. The lowest BCUT2D eigenvalue weighted by Gasteiger charge is -2.03. The van der Waals surface area contributed by atoms with Crippen molar-refractivity contribution in [3.8, 4) is 16.2 Å². The van der Waals surface area contributed by atoms with Crippen molar-refractivity contribution >= 4 is 39.5 Å². The van der Waals surface area contributed by atoms with Crippen LogP contribution in [0.15, 0.2) is 41.8 Å². The second-order valence-electron chi connectivity index (χ2n) is 5.15. The average molecular weight is 372 g/mol. The van der Waals surface area contributed by atoms with Gasteiger partial charge in [-0.25, -0.2) is 4.98 Å². The lowest BCUT2D eigenvalue weighted by molar-refractivity contribution is 0.100. The molecule has 2 heterocycles. The van der Waals surface area contributed by atoms with Gasteiger partial charge in [0.2, 0.25) is 0 Å².